The van der Waals surface area contributed by atoms with Crippen molar-refractivity contribution in [1.82, 2.24) is 14.5 Å². The Morgan fingerprint density at radius 3 is 2.56 bits per heavy atom. The van der Waals surface area contributed by atoms with Gasteiger partial charge in [-0.15, -0.1) is 10.2 Å². The summed E-state index contributed by atoms with van der Waals surface area (Å²) in [5, 5.41) is 7.93. The van der Waals surface area contributed by atoms with E-state index in [9.17, 15) is 8.42 Å². The topological polar surface area (TPSA) is 104 Å². The smallest absolute Gasteiger partial charge is 0.246 e. The molecule has 0 aliphatic carbocycles. The maximum Gasteiger partial charge on any atom is 0.246 e. The molecule has 9 nitrogen and oxygen atoms in total. The van der Waals surface area contributed by atoms with Gasteiger partial charge in [-0.2, -0.15) is 4.31 Å². The molecule has 27 heavy (non-hydrogen) atoms. The molecule has 2 atom stereocenters. The molecular weight excluding hydrogens is 374 g/mol. The summed E-state index contributed by atoms with van der Waals surface area (Å²) >= 11 is 0. The normalized spacial score (nSPS) is 20.7. The molecule has 148 valence electrons. The molecule has 1 fully saturated rings. The highest BCUT2D eigenvalue weighted by Crippen LogP contribution is 2.38. The number of nitrogens with zero attached hydrogens (tertiary/aromatic N) is 3. The molecule has 1 aromatic carbocycles. The summed E-state index contributed by atoms with van der Waals surface area (Å²) in [6, 6.07) is 4.69. The van der Waals surface area contributed by atoms with Crippen LogP contribution in [0.3, 0.4) is 0 Å². The van der Waals surface area contributed by atoms with E-state index in [-0.39, 0.29) is 35.6 Å². The lowest BCUT2D eigenvalue weighted by molar-refractivity contribution is 0.146. The van der Waals surface area contributed by atoms with Crippen LogP contribution in [0.25, 0.3) is 0 Å². The third-order valence-corrected chi connectivity index (χ3v) is 6.49. The third kappa shape index (κ3) is 3.78. The van der Waals surface area contributed by atoms with E-state index >= 15 is 0 Å². The van der Waals surface area contributed by atoms with Crippen LogP contribution in [0.15, 0.2) is 27.5 Å². The zero-order valence-electron chi connectivity index (χ0n) is 15.7. The molecule has 0 radical (unpaired) electrons. The van der Waals surface area contributed by atoms with Gasteiger partial charge < -0.3 is 18.6 Å². The largest absolute Gasteiger partial charge is 0.497 e. The maximum absolute atomic E-state index is 13.3. The van der Waals surface area contributed by atoms with Gasteiger partial charge in [-0.05, 0) is 12.1 Å². The van der Waals surface area contributed by atoms with Gasteiger partial charge in [0.2, 0.25) is 21.8 Å². The minimum Gasteiger partial charge on any atom is -0.497 e. The Kier molecular flexibility index (Phi) is 5.68. The monoisotopic (exact) mass is 397 g/mol. The molecule has 2 unspecified atom stereocenters. The summed E-state index contributed by atoms with van der Waals surface area (Å²) in [6.07, 6.45) is 0. The second-order valence-electron chi connectivity index (χ2n) is 6.32. The van der Waals surface area contributed by atoms with Crippen LogP contribution >= 0.6 is 0 Å². The van der Waals surface area contributed by atoms with Crippen LogP contribution in [0, 0.1) is 12.8 Å². The lowest BCUT2D eigenvalue weighted by Crippen LogP contribution is -2.30. The zero-order chi connectivity index (χ0) is 19.6. The van der Waals surface area contributed by atoms with Gasteiger partial charge in [0, 0.05) is 39.1 Å². The van der Waals surface area contributed by atoms with Gasteiger partial charge in [-0.25, -0.2) is 8.42 Å². The first-order valence-corrected chi connectivity index (χ1v) is 9.85. The number of hydrogen-bond donors (Lipinski definition) is 0. The number of ether oxygens (including phenoxy) is 3. The summed E-state index contributed by atoms with van der Waals surface area (Å²) in [5.74, 6) is 1.22. The highest BCUT2D eigenvalue weighted by molar-refractivity contribution is 7.89. The van der Waals surface area contributed by atoms with Gasteiger partial charge in [0.15, 0.2) is 0 Å². The van der Waals surface area contributed by atoms with Crippen molar-refractivity contribution < 1.29 is 27.0 Å². The number of methoxy groups -OCH3 is 3. The number of hydrogen-bond acceptors (Lipinski definition) is 8. The fraction of sp³-hybridized carbons (Fsp3) is 0.529. The van der Waals surface area contributed by atoms with Crippen molar-refractivity contribution in [3.8, 4) is 11.5 Å². The highest BCUT2D eigenvalue weighted by Gasteiger charge is 2.43. The van der Waals surface area contributed by atoms with Gasteiger partial charge in [0.25, 0.3) is 0 Å². The Bertz CT molecular complexity index is 898. The second kappa shape index (κ2) is 7.83. The predicted molar refractivity (Wildman–Crippen MR) is 95.4 cm³/mol. The lowest BCUT2D eigenvalue weighted by Gasteiger charge is -2.18. The number of aryl methyl sites for hydroxylation is 1. The lowest BCUT2D eigenvalue weighted by atomic mass is 9.97. The van der Waals surface area contributed by atoms with E-state index in [0.717, 1.165) is 0 Å². The Hall–Kier alpha value is -2.17. The van der Waals surface area contributed by atoms with E-state index in [1.807, 2.05) is 0 Å². The zero-order valence-corrected chi connectivity index (χ0v) is 16.5. The van der Waals surface area contributed by atoms with Crippen molar-refractivity contribution in [3.63, 3.8) is 0 Å². The van der Waals surface area contributed by atoms with Crippen molar-refractivity contribution in [2.45, 2.75) is 17.7 Å². The van der Waals surface area contributed by atoms with Crippen molar-refractivity contribution in [3.05, 3.63) is 30.0 Å². The second-order valence-corrected chi connectivity index (χ2v) is 8.23. The van der Waals surface area contributed by atoms with Crippen molar-refractivity contribution in [1.29, 1.82) is 0 Å². The summed E-state index contributed by atoms with van der Waals surface area (Å²) in [4.78, 5) is 0.0582. The van der Waals surface area contributed by atoms with E-state index in [1.165, 1.54) is 24.6 Å². The fourth-order valence-electron chi connectivity index (χ4n) is 3.28. The van der Waals surface area contributed by atoms with Crippen molar-refractivity contribution in [2.75, 3.05) is 41.0 Å². The molecule has 10 heteroatoms. The average Bonchev–Trinajstić information content (AvgIpc) is 3.28. The molecule has 2 aromatic rings. The molecule has 0 amide bonds. The van der Waals surface area contributed by atoms with Crippen LogP contribution < -0.4 is 9.47 Å². The van der Waals surface area contributed by atoms with Gasteiger partial charge >= 0.3 is 0 Å². The van der Waals surface area contributed by atoms with Crippen LogP contribution in [0.2, 0.25) is 0 Å². The van der Waals surface area contributed by atoms with E-state index < -0.39 is 10.0 Å². The Labute approximate surface area is 158 Å². The standard InChI is InChI=1S/C17H23N3O6S/c1-11-18-19-17(26-11)14-9-20(8-12(14)10-23-2)27(21,22)16-7-13(24-3)5-6-15(16)25-4/h5-7,12,14H,8-10H2,1-4H3. The van der Waals surface area contributed by atoms with E-state index in [4.69, 9.17) is 18.6 Å². The van der Waals surface area contributed by atoms with Crippen LogP contribution in [-0.2, 0) is 14.8 Å². The first kappa shape index (κ1) is 19.6. The molecule has 1 aliphatic heterocycles. The van der Waals surface area contributed by atoms with Gasteiger partial charge in [0.05, 0.1) is 26.7 Å². The Morgan fingerprint density at radius 2 is 1.96 bits per heavy atom. The molecule has 0 spiro atoms. The minimum atomic E-state index is -3.82. The summed E-state index contributed by atoms with van der Waals surface area (Å²) in [6.45, 7) is 2.58. The van der Waals surface area contributed by atoms with E-state index in [2.05, 4.69) is 10.2 Å². The quantitative estimate of drug-likeness (QED) is 0.691. The average molecular weight is 397 g/mol. The molecule has 1 aliphatic rings. The molecule has 0 bridgehead atoms. The molecule has 3 rings (SSSR count). The number of sulfonamides is 1. The van der Waals surface area contributed by atoms with Crippen molar-refractivity contribution >= 4 is 10.0 Å². The van der Waals surface area contributed by atoms with Crippen molar-refractivity contribution in [2.24, 2.45) is 5.92 Å². The predicted octanol–water partition coefficient (Wildman–Crippen LogP) is 1.45. The number of benzene rings is 1. The number of aromatic nitrogens is 2. The summed E-state index contributed by atoms with van der Waals surface area (Å²) < 4.78 is 49.2. The molecule has 1 aromatic heterocycles. The van der Waals surface area contributed by atoms with Gasteiger partial charge in [-0.3, -0.25) is 0 Å². The van der Waals surface area contributed by atoms with E-state index in [1.54, 1.807) is 26.2 Å². The summed E-state index contributed by atoms with van der Waals surface area (Å²) in [5.41, 5.74) is 0. The molecule has 2 heterocycles. The minimum absolute atomic E-state index is 0.0582. The van der Waals surface area contributed by atoms with Crippen LogP contribution in [-0.4, -0.2) is 63.9 Å². The number of rotatable bonds is 7. The van der Waals surface area contributed by atoms with Gasteiger partial charge in [0.1, 0.15) is 16.4 Å². The maximum atomic E-state index is 13.3. The highest BCUT2D eigenvalue weighted by atomic mass is 32.2. The Balaban J connectivity index is 1.95. The molecule has 1 saturated heterocycles. The van der Waals surface area contributed by atoms with E-state index in [0.29, 0.717) is 24.1 Å². The third-order valence-electron chi connectivity index (χ3n) is 4.64. The molecular formula is C17H23N3O6S. The van der Waals surface area contributed by atoms with Crippen LogP contribution in [0.5, 0.6) is 11.5 Å². The summed E-state index contributed by atoms with van der Waals surface area (Å²) in [7, 11) is 0.681. The van der Waals surface area contributed by atoms with Crippen LogP contribution in [0.1, 0.15) is 17.7 Å². The SMILES string of the molecule is COCC1CN(S(=O)(=O)c2cc(OC)ccc2OC)CC1c1nnc(C)o1. The molecule has 0 N–H and O–H groups in total. The first-order chi connectivity index (χ1) is 12.9. The Morgan fingerprint density at radius 1 is 1.19 bits per heavy atom. The molecule has 0 saturated carbocycles. The fourth-order valence-corrected chi connectivity index (χ4v) is 4.97. The van der Waals surface area contributed by atoms with Crippen LogP contribution in [0.4, 0.5) is 0 Å². The first-order valence-electron chi connectivity index (χ1n) is 8.41. The van der Waals surface area contributed by atoms with Gasteiger partial charge in [-0.1, -0.05) is 0 Å².